The van der Waals surface area contributed by atoms with E-state index in [4.69, 9.17) is 9.94 Å². The van der Waals surface area contributed by atoms with Crippen LogP contribution in [0.15, 0.2) is 30.6 Å². The molecule has 1 N–H and O–H groups in total. The van der Waals surface area contributed by atoms with Gasteiger partial charge in [0, 0.05) is 0 Å². The first-order valence-electron chi connectivity index (χ1n) is 4.00. The highest BCUT2D eigenvalue weighted by atomic mass is 16.7. The smallest absolute Gasteiger partial charge is 0.365 e. The molecule has 0 bridgehead atoms. The van der Waals surface area contributed by atoms with Gasteiger partial charge in [0.15, 0.2) is 6.33 Å². The first kappa shape index (κ1) is 9.13. The molecule has 0 fully saturated rings. The van der Waals surface area contributed by atoms with Crippen molar-refractivity contribution in [2.45, 2.75) is 0 Å². The van der Waals surface area contributed by atoms with Crippen molar-refractivity contribution in [2.75, 3.05) is 0 Å². The van der Waals surface area contributed by atoms with Crippen LogP contribution in [0, 0.1) is 0 Å². The molecule has 2 rings (SSSR count). The van der Waals surface area contributed by atoms with Crippen LogP contribution in [-0.4, -0.2) is 31.4 Å². The molecule has 0 atom stereocenters. The summed E-state index contributed by atoms with van der Waals surface area (Å²) in [6, 6.07) is 5.78. The fraction of sp³-hybridized carbons (Fsp3) is 0. The molecule has 0 aliphatic heterocycles. The van der Waals surface area contributed by atoms with Crippen LogP contribution >= 0.6 is 0 Å². The SMILES string of the molecule is O=C(On1cnnn1)c1cccc(O)c1. The number of aromatic nitrogens is 4. The molecule has 7 heteroatoms. The Morgan fingerprint density at radius 2 is 2.33 bits per heavy atom. The van der Waals surface area contributed by atoms with Crippen LogP contribution in [0.2, 0.25) is 0 Å². The van der Waals surface area contributed by atoms with Crippen LogP contribution in [0.25, 0.3) is 0 Å². The normalized spacial score (nSPS) is 9.87. The molecule has 0 aliphatic carbocycles. The number of carbonyl (C=O) groups is 1. The van der Waals surface area contributed by atoms with E-state index in [9.17, 15) is 4.79 Å². The van der Waals surface area contributed by atoms with Gasteiger partial charge in [0.05, 0.1) is 5.56 Å². The highest BCUT2D eigenvalue weighted by Crippen LogP contribution is 2.10. The molecule has 0 radical (unpaired) electrons. The number of aromatic hydroxyl groups is 1. The molecule has 2 aromatic rings. The van der Waals surface area contributed by atoms with Crippen LogP contribution in [0.3, 0.4) is 0 Å². The number of carbonyl (C=O) groups excluding carboxylic acids is 1. The second kappa shape index (κ2) is 3.74. The van der Waals surface area contributed by atoms with Gasteiger partial charge in [-0.15, -0.1) is 5.10 Å². The summed E-state index contributed by atoms with van der Waals surface area (Å²) in [6.45, 7) is 0. The fourth-order valence-electron chi connectivity index (χ4n) is 0.965. The van der Waals surface area contributed by atoms with E-state index in [1.165, 1.54) is 24.3 Å². The zero-order valence-electron chi connectivity index (χ0n) is 7.44. The second-order valence-corrected chi connectivity index (χ2v) is 2.64. The van der Waals surface area contributed by atoms with Crippen LogP contribution < -0.4 is 4.84 Å². The van der Waals surface area contributed by atoms with E-state index in [0.717, 1.165) is 11.2 Å². The van der Waals surface area contributed by atoms with Gasteiger partial charge >= 0.3 is 5.97 Å². The first-order valence-corrected chi connectivity index (χ1v) is 4.00. The average molecular weight is 206 g/mol. The van der Waals surface area contributed by atoms with Crippen molar-refractivity contribution in [1.82, 2.24) is 20.4 Å². The van der Waals surface area contributed by atoms with E-state index in [0.29, 0.717) is 0 Å². The van der Waals surface area contributed by atoms with Crippen molar-refractivity contribution in [3.63, 3.8) is 0 Å². The van der Waals surface area contributed by atoms with Gasteiger partial charge in [-0.05, 0) is 28.6 Å². The molecule has 0 saturated heterocycles. The fourth-order valence-corrected chi connectivity index (χ4v) is 0.965. The zero-order chi connectivity index (χ0) is 10.7. The Morgan fingerprint density at radius 1 is 1.47 bits per heavy atom. The summed E-state index contributed by atoms with van der Waals surface area (Å²) in [4.78, 5) is 17.0. The topological polar surface area (TPSA) is 90.1 Å². The van der Waals surface area contributed by atoms with Gasteiger partial charge in [-0.2, -0.15) is 0 Å². The summed E-state index contributed by atoms with van der Waals surface area (Å²) < 4.78 is 0. The third kappa shape index (κ3) is 2.08. The molecule has 15 heavy (non-hydrogen) atoms. The molecule has 1 aromatic carbocycles. The van der Waals surface area contributed by atoms with Gasteiger partial charge in [0.2, 0.25) is 0 Å². The summed E-state index contributed by atoms with van der Waals surface area (Å²) in [5.74, 6) is -0.667. The summed E-state index contributed by atoms with van der Waals surface area (Å²) in [6.07, 6.45) is 1.14. The minimum Gasteiger partial charge on any atom is -0.508 e. The lowest BCUT2D eigenvalue weighted by atomic mass is 10.2. The predicted octanol–water partition coefficient (Wildman–Crippen LogP) is -0.352. The number of phenols is 1. The number of phenolic OH excluding ortho intramolecular Hbond substituents is 1. The lowest BCUT2D eigenvalue weighted by molar-refractivity contribution is 0.0382. The molecular formula is C8H6N4O3. The van der Waals surface area contributed by atoms with E-state index in [-0.39, 0.29) is 11.3 Å². The van der Waals surface area contributed by atoms with Gasteiger partial charge in [-0.1, -0.05) is 10.9 Å². The van der Waals surface area contributed by atoms with E-state index < -0.39 is 5.97 Å². The number of nitrogens with zero attached hydrogens (tertiary/aromatic N) is 4. The van der Waals surface area contributed by atoms with Gasteiger partial charge in [-0.25, -0.2) is 4.79 Å². The van der Waals surface area contributed by atoms with Gasteiger partial charge < -0.3 is 9.94 Å². The monoisotopic (exact) mass is 206 g/mol. The number of tetrazole rings is 1. The van der Waals surface area contributed by atoms with Gasteiger partial charge in [-0.3, -0.25) is 0 Å². The number of benzene rings is 1. The maximum Gasteiger partial charge on any atom is 0.365 e. The lowest BCUT2D eigenvalue weighted by Gasteiger charge is -2.00. The van der Waals surface area contributed by atoms with E-state index >= 15 is 0 Å². The Hall–Kier alpha value is -2.44. The minimum absolute atomic E-state index is 0.0128. The van der Waals surface area contributed by atoms with E-state index in [2.05, 4.69) is 15.5 Å². The molecule has 0 amide bonds. The standard InChI is InChI=1S/C8H6N4O3/c13-7-3-1-2-6(4-7)8(14)15-12-5-9-10-11-12/h1-5,13H. The first-order chi connectivity index (χ1) is 7.25. The number of hydrogen-bond acceptors (Lipinski definition) is 6. The highest BCUT2D eigenvalue weighted by molar-refractivity contribution is 5.89. The third-order valence-corrected chi connectivity index (χ3v) is 1.59. The van der Waals surface area contributed by atoms with E-state index in [1.54, 1.807) is 0 Å². The quantitative estimate of drug-likeness (QED) is 0.675. The Bertz CT molecular complexity index is 468. The van der Waals surface area contributed by atoms with Crippen molar-refractivity contribution < 1.29 is 14.7 Å². The summed E-state index contributed by atoms with van der Waals surface area (Å²) in [5.41, 5.74) is 0.213. The van der Waals surface area contributed by atoms with Crippen molar-refractivity contribution in [2.24, 2.45) is 0 Å². The largest absolute Gasteiger partial charge is 0.508 e. The molecule has 0 aliphatic rings. The number of hydrogen-bond donors (Lipinski definition) is 1. The van der Waals surface area contributed by atoms with Gasteiger partial charge in [0.1, 0.15) is 5.75 Å². The summed E-state index contributed by atoms with van der Waals surface area (Å²) >= 11 is 0. The maximum atomic E-state index is 11.4. The molecule has 0 saturated carbocycles. The van der Waals surface area contributed by atoms with Crippen molar-refractivity contribution in [3.05, 3.63) is 36.2 Å². The molecule has 0 unspecified atom stereocenters. The lowest BCUT2D eigenvalue weighted by Crippen LogP contribution is -2.20. The van der Waals surface area contributed by atoms with Crippen molar-refractivity contribution in [1.29, 1.82) is 0 Å². The van der Waals surface area contributed by atoms with Crippen LogP contribution in [0.1, 0.15) is 10.4 Å². The Kier molecular flexibility index (Phi) is 2.28. The summed E-state index contributed by atoms with van der Waals surface area (Å²) in [7, 11) is 0. The molecule has 0 spiro atoms. The molecule has 1 aromatic heterocycles. The van der Waals surface area contributed by atoms with Crippen LogP contribution in [0.5, 0.6) is 5.75 Å². The Balaban J connectivity index is 2.15. The second-order valence-electron chi connectivity index (χ2n) is 2.64. The predicted molar refractivity (Wildman–Crippen MR) is 46.8 cm³/mol. The van der Waals surface area contributed by atoms with Crippen molar-refractivity contribution in [3.8, 4) is 5.75 Å². The summed E-state index contributed by atoms with van der Waals surface area (Å²) in [5, 5.41) is 19.1. The zero-order valence-corrected chi connectivity index (χ0v) is 7.44. The van der Waals surface area contributed by atoms with Crippen LogP contribution in [0.4, 0.5) is 0 Å². The van der Waals surface area contributed by atoms with E-state index in [1.807, 2.05) is 0 Å². The maximum absolute atomic E-state index is 11.4. The third-order valence-electron chi connectivity index (χ3n) is 1.59. The number of rotatable bonds is 2. The molecule has 7 nitrogen and oxygen atoms in total. The Morgan fingerprint density at radius 3 is 3.00 bits per heavy atom. The molecular weight excluding hydrogens is 200 g/mol. The minimum atomic E-state index is -0.654. The van der Waals surface area contributed by atoms with Crippen LogP contribution in [-0.2, 0) is 0 Å². The molecule has 76 valence electrons. The van der Waals surface area contributed by atoms with Crippen molar-refractivity contribution >= 4 is 5.97 Å². The highest BCUT2D eigenvalue weighted by Gasteiger charge is 2.09. The average Bonchev–Trinajstić information content (AvgIpc) is 2.70. The Labute approximate surface area is 83.9 Å². The van der Waals surface area contributed by atoms with Gasteiger partial charge in [0.25, 0.3) is 0 Å². The molecule has 1 heterocycles.